The fourth-order valence-corrected chi connectivity index (χ4v) is 3.69. The number of anilines is 2. The predicted octanol–water partition coefficient (Wildman–Crippen LogP) is 5.37. The highest BCUT2D eigenvalue weighted by atomic mass is 19.1. The molecule has 2 amide bonds. The number of halogens is 1. The maximum Gasteiger partial charge on any atom is 0.258 e. The van der Waals surface area contributed by atoms with Crippen LogP contribution in [0.3, 0.4) is 0 Å². The van der Waals surface area contributed by atoms with Crippen LogP contribution in [0.25, 0.3) is 22.5 Å². The van der Waals surface area contributed by atoms with Gasteiger partial charge in [0.2, 0.25) is 17.7 Å². The molecule has 2 N–H and O–H groups in total. The summed E-state index contributed by atoms with van der Waals surface area (Å²) >= 11 is 0. The topological polar surface area (TPSA) is 110 Å². The number of amides is 2. The van der Waals surface area contributed by atoms with E-state index in [0.29, 0.717) is 28.1 Å². The van der Waals surface area contributed by atoms with Gasteiger partial charge in [0.1, 0.15) is 11.5 Å². The third-order valence-electron chi connectivity index (χ3n) is 5.44. The van der Waals surface area contributed by atoms with Crippen molar-refractivity contribution in [3.8, 4) is 22.5 Å². The van der Waals surface area contributed by atoms with Crippen LogP contribution >= 0.6 is 0 Å². The van der Waals surface area contributed by atoms with E-state index in [2.05, 4.69) is 25.8 Å². The molecule has 0 fully saturated rings. The van der Waals surface area contributed by atoms with Crippen LogP contribution in [0.2, 0.25) is 0 Å². The van der Waals surface area contributed by atoms with Crippen molar-refractivity contribution in [3.63, 3.8) is 0 Å². The second kappa shape index (κ2) is 10.6. The summed E-state index contributed by atoms with van der Waals surface area (Å²) in [5, 5.41) is 9.56. The molecular formula is C28H20FN5O3. The highest BCUT2D eigenvalue weighted by Crippen LogP contribution is 2.37. The van der Waals surface area contributed by atoms with Gasteiger partial charge >= 0.3 is 0 Å². The first kappa shape index (κ1) is 23.6. The summed E-state index contributed by atoms with van der Waals surface area (Å²) < 4.78 is 19.1. The fourth-order valence-electron chi connectivity index (χ4n) is 3.69. The molecule has 3 aromatic carbocycles. The van der Waals surface area contributed by atoms with Gasteiger partial charge in [0.15, 0.2) is 0 Å². The van der Waals surface area contributed by atoms with Gasteiger partial charge in [0.25, 0.3) is 5.91 Å². The molecule has 0 aliphatic heterocycles. The largest absolute Gasteiger partial charge is 0.337 e. The molecule has 5 rings (SSSR count). The Morgan fingerprint density at radius 1 is 0.838 bits per heavy atom. The van der Waals surface area contributed by atoms with E-state index in [0.717, 1.165) is 5.56 Å². The molecule has 0 aliphatic rings. The summed E-state index contributed by atoms with van der Waals surface area (Å²) in [7, 11) is 0. The van der Waals surface area contributed by atoms with E-state index < -0.39 is 5.82 Å². The molecule has 182 valence electrons. The van der Waals surface area contributed by atoms with Crippen molar-refractivity contribution in [3.05, 3.63) is 114 Å². The van der Waals surface area contributed by atoms with Gasteiger partial charge in [-0.1, -0.05) is 53.7 Å². The highest BCUT2D eigenvalue weighted by molar-refractivity contribution is 6.03. The molecule has 0 aliphatic carbocycles. The SMILES string of the molecule is O=C(Cc1ccccc1)Nc1onc(-c2ccc(F)cc2)c1-c1ccnc(NC(=O)c2ccccc2)n1. The van der Waals surface area contributed by atoms with E-state index in [1.165, 1.54) is 18.3 Å². The lowest BCUT2D eigenvalue weighted by Crippen LogP contribution is -2.15. The summed E-state index contributed by atoms with van der Waals surface area (Å²) in [5.41, 5.74) is 2.88. The van der Waals surface area contributed by atoms with E-state index in [9.17, 15) is 14.0 Å². The molecule has 0 atom stereocenters. The van der Waals surface area contributed by atoms with E-state index in [1.807, 2.05) is 36.4 Å². The van der Waals surface area contributed by atoms with E-state index >= 15 is 0 Å². The third-order valence-corrected chi connectivity index (χ3v) is 5.44. The highest BCUT2D eigenvalue weighted by Gasteiger charge is 2.23. The van der Waals surface area contributed by atoms with Gasteiger partial charge in [-0.3, -0.25) is 20.2 Å². The smallest absolute Gasteiger partial charge is 0.258 e. The van der Waals surface area contributed by atoms with Crippen molar-refractivity contribution >= 4 is 23.6 Å². The fraction of sp³-hybridized carbons (Fsp3) is 0.0357. The first-order valence-corrected chi connectivity index (χ1v) is 11.4. The van der Waals surface area contributed by atoms with Crippen LogP contribution in [0.5, 0.6) is 0 Å². The van der Waals surface area contributed by atoms with Crippen molar-refractivity contribution in [1.82, 2.24) is 15.1 Å². The number of aromatic nitrogens is 3. The minimum atomic E-state index is -0.405. The number of benzene rings is 3. The minimum Gasteiger partial charge on any atom is -0.337 e. The molecule has 0 bridgehead atoms. The normalized spacial score (nSPS) is 10.6. The Morgan fingerprint density at radius 2 is 1.54 bits per heavy atom. The standard InChI is InChI=1S/C28H20FN5O3/c29-21-13-11-19(12-14-21)25-24(27(37-34-25)32-23(35)17-18-7-3-1-4-8-18)22-15-16-30-28(31-22)33-26(36)20-9-5-2-6-10-20/h1-16H,17H2,(H,32,35)(H,30,31,33,36). The van der Waals surface area contributed by atoms with Crippen LogP contribution in [-0.4, -0.2) is 26.9 Å². The lowest BCUT2D eigenvalue weighted by atomic mass is 10.0. The number of carbonyl (C=O) groups excluding carboxylic acids is 2. The van der Waals surface area contributed by atoms with Crippen molar-refractivity contribution in [2.24, 2.45) is 0 Å². The van der Waals surface area contributed by atoms with Gasteiger partial charge in [-0.2, -0.15) is 0 Å². The number of carbonyl (C=O) groups is 2. The van der Waals surface area contributed by atoms with Crippen molar-refractivity contribution in [2.45, 2.75) is 6.42 Å². The minimum absolute atomic E-state index is 0.0548. The molecule has 0 radical (unpaired) electrons. The monoisotopic (exact) mass is 493 g/mol. The molecule has 8 nitrogen and oxygen atoms in total. The van der Waals surface area contributed by atoms with E-state index in [1.54, 1.807) is 42.5 Å². The molecule has 37 heavy (non-hydrogen) atoms. The number of hydrogen-bond acceptors (Lipinski definition) is 6. The summed E-state index contributed by atoms with van der Waals surface area (Å²) in [4.78, 5) is 34.0. The zero-order valence-corrected chi connectivity index (χ0v) is 19.4. The molecule has 0 unspecified atom stereocenters. The Labute approximate surface area is 211 Å². The quantitative estimate of drug-likeness (QED) is 0.315. The van der Waals surface area contributed by atoms with Gasteiger partial charge in [0, 0.05) is 17.3 Å². The molecule has 9 heteroatoms. The van der Waals surface area contributed by atoms with Gasteiger partial charge in [-0.25, -0.2) is 14.4 Å². The van der Waals surface area contributed by atoms with Crippen LogP contribution in [0.15, 0.2) is 102 Å². The maximum atomic E-state index is 13.6. The number of rotatable bonds is 7. The average Bonchev–Trinajstić information content (AvgIpc) is 3.33. The summed E-state index contributed by atoms with van der Waals surface area (Å²) in [6.07, 6.45) is 1.59. The Hall–Kier alpha value is -5.18. The van der Waals surface area contributed by atoms with Gasteiger partial charge in [-0.05, 0) is 48.0 Å². The molecule has 0 saturated heterocycles. The second-order valence-electron chi connectivity index (χ2n) is 8.04. The Morgan fingerprint density at radius 3 is 2.27 bits per heavy atom. The molecule has 2 aromatic heterocycles. The average molecular weight is 493 g/mol. The van der Waals surface area contributed by atoms with E-state index in [4.69, 9.17) is 4.52 Å². The van der Waals surface area contributed by atoms with Gasteiger partial charge in [-0.15, -0.1) is 0 Å². The summed E-state index contributed by atoms with van der Waals surface area (Å²) in [6, 6.07) is 25.2. The summed E-state index contributed by atoms with van der Waals surface area (Å²) in [6.45, 7) is 0. The zero-order chi connectivity index (χ0) is 25.6. The third kappa shape index (κ3) is 5.57. The van der Waals surface area contributed by atoms with Gasteiger partial charge in [0.05, 0.1) is 17.7 Å². The Balaban J connectivity index is 1.49. The van der Waals surface area contributed by atoms with Crippen LogP contribution in [0, 0.1) is 5.82 Å². The Kier molecular flexibility index (Phi) is 6.76. The van der Waals surface area contributed by atoms with Crippen molar-refractivity contribution in [2.75, 3.05) is 10.6 Å². The molecule has 5 aromatic rings. The Bertz CT molecular complexity index is 1540. The molecule has 2 heterocycles. The molecular weight excluding hydrogens is 473 g/mol. The first-order valence-electron chi connectivity index (χ1n) is 11.4. The zero-order valence-electron chi connectivity index (χ0n) is 19.4. The van der Waals surface area contributed by atoms with Crippen molar-refractivity contribution < 1.29 is 18.5 Å². The number of nitrogens with zero attached hydrogens (tertiary/aromatic N) is 3. The lowest BCUT2D eigenvalue weighted by Gasteiger charge is -2.08. The van der Waals surface area contributed by atoms with Crippen molar-refractivity contribution in [1.29, 1.82) is 0 Å². The van der Waals surface area contributed by atoms with Crippen LogP contribution in [0.4, 0.5) is 16.2 Å². The number of nitrogens with one attached hydrogen (secondary N) is 2. The van der Waals surface area contributed by atoms with Crippen LogP contribution in [-0.2, 0) is 11.2 Å². The van der Waals surface area contributed by atoms with Crippen LogP contribution < -0.4 is 10.6 Å². The molecule has 0 saturated carbocycles. The number of hydrogen-bond donors (Lipinski definition) is 2. The maximum absolute atomic E-state index is 13.6. The first-order chi connectivity index (χ1) is 18.1. The molecule has 0 spiro atoms. The predicted molar refractivity (Wildman–Crippen MR) is 136 cm³/mol. The summed E-state index contributed by atoms with van der Waals surface area (Å²) in [5.74, 6) is -0.976. The lowest BCUT2D eigenvalue weighted by molar-refractivity contribution is -0.115. The second-order valence-corrected chi connectivity index (χ2v) is 8.04. The van der Waals surface area contributed by atoms with E-state index in [-0.39, 0.29) is 30.1 Å². The van der Waals surface area contributed by atoms with Gasteiger partial charge < -0.3 is 4.52 Å². The van der Waals surface area contributed by atoms with Crippen LogP contribution in [0.1, 0.15) is 15.9 Å².